The molecule has 0 saturated carbocycles. The molecule has 3 heterocycles. The van der Waals surface area contributed by atoms with Gasteiger partial charge in [0.25, 0.3) is 5.91 Å². The number of hydrogen-bond donors (Lipinski definition) is 1. The van der Waals surface area contributed by atoms with E-state index in [1.807, 2.05) is 30.3 Å². The van der Waals surface area contributed by atoms with Crippen LogP contribution in [-0.2, 0) is 0 Å². The molecule has 1 amide bonds. The van der Waals surface area contributed by atoms with Gasteiger partial charge in [0.05, 0.1) is 20.8 Å². The average molecular weight is 459 g/mol. The minimum absolute atomic E-state index is 0.221. The van der Waals surface area contributed by atoms with E-state index in [2.05, 4.69) is 20.6 Å². The number of ether oxygens (including phenoxy) is 3. The molecule has 0 unspecified atom stereocenters. The summed E-state index contributed by atoms with van der Waals surface area (Å²) in [5.74, 6) is 2.03. The van der Waals surface area contributed by atoms with Gasteiger partial charge in [-0.15, -0.1) is 15.3 Å². The van der Waals surface area contributed by atoms with E-state index in [0.717, 1.165) is 10.9 Å². The predicted molar refractivity (Wildman–Crippen MR) is 123 cm³/mol. The predicted octanol–water partition coefficient (Wildman–Crippen LogP) is 3.36. The molecular formula is C24H21N5O5. The number of hydrogen-bond acceptors (Lipinski definition) is 8. The second kappa shape index (κ2) is 9.10. The van der Waals surface area contributed by atoms with Gasteiger partial charge < -0.3 is 23.9 Å². The van der Waals surface area contributed by atoms with E-state index >= 15 is 0 Å². The van der Waals surface area contributed by atoms with Gasteiger partial charge in [-0.05, 0) is 36.4 Å². The van der Waals surface area contributed by atoms with Crippen molar-refractivity contribution in [3.63, 3.8) is 0 Å². The minimum atomic E-state index is -0.308. The van der Waals surface area contributed by atoms with Gasteiger partial charge in [-0.1, -0.05) is 18.2 Å². The molecule has 10 heteroatoms. The highest BCUT2D eigenvalue weighted by atomic mass is 16.5. The summed E-state index contributed by atoms with van der Waals surface area (Å²) in [5, 5.41) is 16.5. The molecule has 2 aromatic carbocycles. The SMILES string of the molecule is COc1ccc(-c2nnc3ccc(OCCNC(=O)c4cc5ccccc5o4)nn23)cc1OC. The first-order chi connectivity index (χ1) is 16.7. The van der Waals surface area contributed by atoms with Crippen molar-refractivity contribution in [1.29, 1.82) is 0 Å². The van der Waals surface area contributed by atoms with Crippen LogP contribution in [-0.4, -0.2) is 53.1 Å². The Bertz CT molecular complexity index is 1440. The van der Waals surface area contributed by atoms with Gasteiger partial charge in [0.2, 0.25) is 5.88 Å². The summed E-state index contributed by atoms with van der Waals surface area (Å²) in [6.45, 7) is 0.499. The molecule has 0 radical (unpaired) electrons. The highest BCUT2D eigenvalue weighted by Crippen LogP contribution is 2.31. The quantitative estimate of drug-likeness (QED) is 0.352. The Kier molecular flexibility index (Phi) is 5.69. The van der Waals surface area contributed by atoms with E-state index in [4.69, 9.17) is 18.6 Å². The third-order valence-electron chi connectivity index (χ3n) is 5.17. The monoisotopic (exact) mass is 459 g/mol. The Morgan fingerprint density at radius 1 is 1.00 bits per heavy atom. The second-order valence-electron chi connectivity index (χ2n) is 7.29. The fourth-order valence-electron chi connectivity index (χ4n) is 3.51. The molecule has 0 spiro atoms. The first-order valence-corrected chi connectivity index (χ1v) is 10.5. The molecule has 5 aromatic rings. The molecule has 0 atom stereocenters. The van der Waals surface area contributed by atoms with Crippen LogP contribution in [0.15, 0.2) is 65.1 Å². The van der Waals surface area contributed by atoms with Crippen LogP contribution in [0.4, 0.5) is 0 Å². The zero-order chi connectivity index (χ0) is 23.5. The average Bonchev–Trinajstić information content (AvgIpc) is 3.50. The molecule has 0 bridgehead atoms. The second-order valence-corrected chi connectivity index (χ2v) is 7.29. The van der Waals surface area contributed by atoms with E-state index in [1.165, 1.54) is 0 Å². The summed E-state index contributed by atoms with van der Waals surface area (Å²) in [6.07, 6.45) is 0. The summed E-state index contributed by atoms with van der Waals surface area (Å²) in [4.78, 5) is 12.3. The zero-order valence-electron chi connectivity index (χ0n) is 18.5. The molecule has 0 aliphatic heterocycles. The lowest BCUT2D eigenvalue weighted by atomic mass is 10.2. The number of nitrogens with one attached hydrogen (secondary N) is 1. The summed E-state index contributed by atoms with van der Waals surface area (Å²) < 4.78 is 23.5. The molecule has 34 heavy (non-hydrogen) atoms. The van der Waals surface area contributed by atoms with Gasteiger partial charge in [-0.3, -0.25) is 4.79 Å². The maximum absolute atomic E-state index is 12.3. The highest BCUT2D eigenvalue weighted by Gasteiger charge is 2.14. The molecule has 0 aliphatic rings. The van der Waals surface area contributed by atoms with Crippen molar-refractivity contribution in [3.8, 4) is 28.8 Å². The maximum Gasteiger partial charge on any atom is 0.287 e. The number of para-hydroxylation sites is 1. The Labute approximate surface area is 194 Å². The van der Waals surface area contributed by atoms with Crippen molar-refractivity contribution in [2.45, 2.75) is 0 Å². The van der Waals surface area contributed by atoms with Crippen LogP contribution in [0.25, 0.3) is 28.0 Å². The number of rotatable bonds is 8. The molecule has 5 rings (SSSR count). The standard InChI is InChI=1S/C24H21N5O5/c1-31-18-8-7-16(14-19(18)32-2)23-27-26-21-9-10-22(28-29(21)23)33-12-11-25-24(30)20-13-15-5-3-4-6-17(15)34-20/h3-10,13-14H,11-12H2,1-2H3,(H,25,30). The van der Waals surface area contributed by atoms with Crippen LogP contribution < -0.4 is 19.5 Å². The molecule has 172 valence electrons. The third kappa shape index (κ3) is 4.08. The molecule has 3 aromatic heterocycles. The maximum atomic E-state index is 12.3. The summed E-state index contributed by atoms with van der Waals surface area (Å²) in [7, 11) is 3.15. The van der Waals surface area contributed by atoms with Gasteiger partial charge in [0.1, 0.15) is 12.2 Å². The van der Waals surface area contributed by atoms with Crippen molar-refractivity contribution in [3.05, 3.63) is 66.4 Å². The Morgan fingerprint density at radius 3 is 2.68 bits per heavy atom. The van der Waals surface area contributed by atoms with Crippen molar-refractivity contribution in [2.24, 2.45) is 0 Å². The van der Waals surface area contributed by atoms with Gasteiger partial charge in [0.15, 0.2) is 28.7 Å². The summed E-state index contributed by atoms with van der Waals surface area (Å²) >= 11 is 0. The summed E-state index contributed by atoms with van der Waals surface area (Å²) in [6, 6.07) is 18.1. The Hall–Kier alpha value is -4.60. The first kappa shape index (κ1) is 21.3. The lowest BCUT2D eigenvalue weighted by Crippen LogP contribution is -2.27. The number of carbonyl (C=O) groups is 1. The van der Waals surface area contributed by atoms with Crippen LogP contribution in [0.2, 0.25) is 0 Å². The molecule has 1 N–H and O–H groups in total. The number of benzene rings is 2. The van der Waals surface area contributed by atoms with Crippen molar-refractivity contribution < 1.29 is 23.4 Å². The normalized spacial score (nSPS) is 11.0. The van der Waals surface area contributed by atoms with Crippen LogP contribution in [0.3, 0.4) is 0 Å². The number of carbonyl (C=O) groups excluding carboxylic acids is 1. The van der Waals surface area contributed by atoms with Gasteiger partial charge in [-0.25, -0.2) is 0 Å². The molecule has 10 nitrogen and oxygen atoms in total. The lowest BCUT2D eigenvalue weighted by Gasteiger charge is -2.09. The number of furan rings is 1. The smallest absolute Gasteiger partial charge is 0.287 e. The number of aromatic nitrogens is 4. The van der Waals surface area contributed by atoms with Gasteiger partial charge in [-0.2, -0.15) is 4.52 Å². The van der Waals surface area contributed by atoms with E-state index in [1.54, 1.807) is 49.1 Å². The lowest BCUT2D eigenvalue weighted by molar-refractivity contribution is 0.0921. The molecule has 0 saturated heterocycles. The minimum Gasteiger partial charge on any atom is -0.493 e. The highest BCUT2D eigenvalue weighted by molar-refractivity contribution is 5.96. The largest absolute Gasteiger partial charge is 0.493 e. The molecule has 0 aliphatic carbocycles. The van der Waals surface area contributed by atoms with Crippen LogP contribution >= 0.6 is 0 Å². The fraction of sp³-hybridized carbons (Fsp3) is 0.167. The van der Waals surface area contributed by atoms with E-state index < -0.39 is 0 Å². The number of fused-ring (bicyclic) bond motifs is 2. The van der Waals surface area contributed by atoms with Crippen LogP contribution in [0.5, 0.6) is 17.4 Å². The van der Waals surface area contributed by atoms with Crippen molar-refractivity contribution >= 4 is 22.5 Å². The Morgan fingerprint density at radius 2 is 1.85 bits per heavy atom. The number of nitrogens with zero attached hydrogens (tertiary/aromatic N) is 4. The Balaban J connectivity index is 1.25. The zero-order valence-corrected chi connectivity index (χ0v) is 18.5. The molecule has 0 fully saturated rings. The summed E-state index contributed by atoms with van der Waals surface area (Å²) in [5.41, 5.74) is 1.99. The van der Waals surface area contributed by atoms with Crippen LogP contribution in [0, 0.1) is 0 Å². The van der Waals surface area contributed by atoms with E-state index in [9.17, 15) is 4.79 Å². The van der Waals surface area contributed by atoms with Crippen LogP contribution in [0.1, 0.15) is 10.6 Å². The number of methoxy groups -OCH3 is 2. The van der Waals surface area contributed by atoms with Crippen molar-refractivity contribution in [2.75, 3.05) is 27.4 Å². The van der Waals surface area contributed by atoms with Crippen molar-refractivity contribution in [1.82, 2.24) is 25.1 Å². The van der Waals surface area contributed by atoms with Gasteiger partial charge in [0, 0.05) is 17.0 Å². The van der Waals surface area contributed by atoms with E-state index in [-0.39, 0.29) is 24.8 Å². The van der Waals surface area contributed by atoms with E-state index in [0.29, 0.717) is 34.4 Å². The third-order valence-corrected chi connectivity index (χ3v) is 5.17. The first-order valence-electron chi connectivity index (χ1n) is 10.5. The molecular weight excluding hydrogens is 438 g/mol. The van der Waals surface area contributed by atoms with Gasteiger partial charge >= 0.3 is 0 Å². The topological polar surface area (TPSA) is 113 Å². The fourth-order valence-corrected chi connectivity index (χ4v) is 3.51. The number of amides is 1.